The molecule has 2 heterocycles. The Morgan fingerprint density at radius 2 is 1.70 bits per heavy atom. The van der Waals surface area contributed by atoms with Crippen molar-refractivity contribution < 1.29 is 4.79 Å². The van der Waals surface area contributed by atoms with E-state index in [1.807, 2.05) is 0 Å². The van der Waals surface area contributed by atoms with E-state index >= 15 is 0 Å². The minimum absolute atomic E-state index is 0. The molecule has 2 fully saturated rings. The lowest BCUT2D eigenvalue weighted by Gasteiger charge is -2.19. The highest BCUT2D eigenvalue weighted by Gasteiger charge is 2.15. The van der Waals surface area contributed by atoms with Gasteiger partial charge in [-0.1, -0.05) is 37.1 Å². The van der Waals surface area contributed by atoms with Crippen LogP contribution >= 0.6 is 24.8 Å². The maximum atomic E-state index is 12.0. The minimum Gasteiger partial charge on any atom is -0.352 e. The van der Waals surface area contributed by atoms with Gasteiger partial charge in [0.1, 0.15) is 0 Å². The van der Waals surface area contributed by atoms with Crippen LogP contribution in [0.4, 0.5) is 0 Å². The molecule has 2 aliphatic rings. The highest BCUT2D eigenvalue weighted by atomic mass is 35.5. The molecule has 2 N–H and O–H groups in total. The number of likely N-dealkylation sites (tertiary alicyclic amines) is 1. The summed E-state index contributed by atoms with van der Waals surface area (Å²) >= 11 is 0. The molecule has 27 heavy (non-hydrogen) atoms. The van der Waals surface area contributed by atoms with Crippen LogP contribution in [0.15, 0.2) is 24.3 Å². The predicted octanol–water partition coefficient (Wildman–Crippen LogP) is 3.91. The SMILES string of the molecule is Cl.Cl.O=C(CCC1CCNC1)NCc1ccc(CN2CCCCCC2)cc1. The number of benzene rings is 1. The van der Waals surface area contributed by atoms with Crippen molar-refractivity contribution in [2.75, 3.05) is 26.2 Å². The molecule has 2 aliphatic heterocycles. The van der Waals surface area contributed by atoms with Crippen LogP contribution in [0, 0.1) is 5.92 Å². The first-order valence-electron chi connectivity index (χ1n) is 10.1. The van der Waals surface area contributed by atoms with Crippen LogP contribution in [0.1, 0.15) is 56.1 Å². The Labute approximate surface area is 176 Å². The average Bonchev–Trinajstić information content (AvgIpc) is 3.03. The number of amides is 1. The smallest absolute Gasteiger partial charge is 0.220 e. The monoisotopic (exact) mass is 415 g/mol. The third kappa shape index (κ3) is 8.82. The standard InChI is InChI=1S/C21H33N3O.2ClH/c25-21(10-9-19-11-12-22-15-19)23-16-18-5-7-20(8-6-18)17-24-13-3-1-2-4-14-24;;/h5-8,19,22H,1-4,9-17H2,(H,23,25);2*1H. The lowest BCUT2D eigenvalue weighted by atomic mass is 10.0. The van der Waals surface area contributed by atoms with E-state index in [2.05, 4.69) is 39.8 Å². The van der Waals surface area contributed by atoms with Crippen molar-refractivity contribution >= 4 is 30.7 Å². The summed E-state index contributed by atoms with van der Waals surface area (Å²) < 4.78 is 0. The van der Waals surface area contributed by atoms with E-state index < -0.39 is 0 Å². The fraction of sp³-hybridized carbons (Fsp3) is 0.667. The number of halogens is 2. The van der Waals surface area contributed by atoms with Crippen molar-refractivity contribution in [2.24, 2.45) is 5.92 Å². The molecule has 154 valence electrons. The van der Waals surface area contributed by atoms with Crippen LogP contribution in [0.3, 0.4) is 0 Å². The molecular formula is C21H35Cl2N3O. The largest absolute Gasteiger partial charge is 0.352 e. The molecule has 4 nitrogen and oxygen atoms in total. The third-order valence-electron chi connectivity index (χ3n) is 5.56. The fourth-order valence-corrected chi connectivity index (χ4v) is 3.90. The van der Waals surface area contributed by atoms with E-state index in [0.717, 1.165) is 26.1 Å². The van der Waals surface area contributed by atoms with E-state index in [1.54, 1.807) is 0 Å². The van der Waals surface area contributed by atoms with Crippen molar-refractivity contribution in [1.82, 2.24) is 15.5 Å². The molecule has 0 aliphatic carbocycles. The lowest BCUT2D eigenvalue weighted by molar-refractivity contribution is -0.121. The summed E-state index contributed by atoms with van der Waals surface area (Å²) in [4.78, 5) is 14.6. The summed E-state index contributed by atoms with van der Waals surface area (Å²) in [5, 5.41) is 6.42. The molecule has 0 bridgehead atoms. The fourth-order valence-electron chi connectivity index (χ4n) is 3.90. The van der Waals surface area contributed by atoms with Crippen LogP contribution < -0.4 is 10.6 Å². The first-order valence-corrected chi connectivity index (χ1v) is 10.1. The predicted molar refractivity (Wildman–Crippen MR) is 117 cm³/mol. The Morgan fingerprint density at radius 3 is 2.33 bits per heavy atom. The van der Waals surface area contributed by atoms with Crippen LogP contribution in [0.25, 0.3) is 0 Å². The first-order chi connectivity index (χ1) is 12.3. The van der Waals surface area contributed by atoms with Gasteiger partial charge < -0.3 is 10.6 Å². The highest BCUT2D eigenvalue weighted by molar-refractivity contribution is 5.85. The van der Waals surface area contributed by atoms with Gasteiger partial charge in [-0.05, 0) is 68.9 Å². The lowest BCUT2D eigenvalue weighted by Crippen LogP contribution is -2.24. The summed E-state index contributed by atoms with van der Waals surface area (Å²) in [5.41, 5.74) is 2.57. The third-order valence-corrected chi connectivity index (χ3v) is 5.56. The second-order valence-corrected chi connectivity index (χ2v) is 7.68. The maximum absolute atomic E-state index is 12.0. The summed E-state index contributed by atoms with van der Waals surface area (Å²) in [6.45, 7) is 6.35. The van der Waals surface area contributed by atoms with E-state index in [9.17, 15) is 4.79 Å². The Hall–Kier alpha value is -0.810. The molecule has 1 aromatic carbocycles. The summed E-state index contributed by atoms with van der Waals surface area (Å²) in [7, 11) is 0. The van der Waals surface area contributed by atoms with E-state index in [-0.39, 0.29) is 30.7 Å². The molecule has 1 aromatic rings. The van der Waals surface area contributed by atoms with Crippen molar-refractivity contribution in [2.45, 2.75) is 58.0 Å². The van der Waals surface area contributed by atoms with Gasteiger partial charge >= 0.3 is 0 Å². The molecule has 2 saturated heterocycles. The molecule has 0 saturated carbocycles. The number of hydrogen-bond donors (Lipinski definition) is 2. The Kier molecular flexibility index (Phi) is 12.0. The second-order valence-electron chi connectivity index (χ2n) is 7.68. The zero-order chi connectivity index (χ0) is 17.3. The molecule has 1 amide bonds. The first kappa shape index (κ1) is 24.2. The van der Waals surface area contributed by atoms with Gasteiger partial charge in [0.15, 0.2) is 0 Å². The van der Waals surface area contributed by atoms with E-state index in [0.29, 0.717) is 18.9 Å². The summed E-state index contributed by atoms with van der Waals surface area (Å²) in [5.74, 6) is 0.865. The molecule has 0 spiro atoms. The average molecular weight is 416 g/mol. The minimum atomic E-state index is 0. The van der Waals surface area contributed by atoms with Gasteiger partial charge in [-0.2, -0.15) is 0 Å². The topological polar surface area (TPSA) is 44.4 Å². The highest BCUT2D eigenvalue weighted by Crippen LogP contribution is 2.15. The number of nitrogens with one attached hydrogen (secondary N) is 2. The van der Waals surface area contributed by atoms with Crippen LogP contribution in [0.2, 0.25) is 0 Å². The second kappa shape index (κ2) is 13.4. The summed E-state index contributed by atoms with van der Waals surface area (Å²) in [6, 6.07) is 8.76. The molecule has 3 rings (SSSR count). The number of nitrogens with zero attached hydrogens (tertiary/aromatic N) is 1. The number of carbonyl (C=O) groups excluding carboxylic acids is 1. The molecule has 1 atom stereocenters. The van der Waals surface area contributed by atoms with Crippen molar-refractivity contribution in [3.8, 4) is 0 Å². The van der Waals surface area contributed by atoms with Gasteiger partial charge in [-0.25, -0.2) is 0 Å². The van der Waals surface area contributed by atoms with Gasteiger partial charge in [-0.3, -0.25) is 9.69 Å². The van der Waals surface area contributed by atoms with Crippen LogP contribution in [0.5, 0.6) is 0 Å². The van der Waals surface area contributed by atoms with Crippen LogP contribution in [-0.2, 0) is 17.9 Å². The van der Waals surface area contributed by atoms with Gasteiger partial charge in [0, 0.05) is 19.5 Å². The van der Waals surface area contributed by atoms with Crippen molar-refractivity contribution in [3.63, 3.8) is 0 Å². The Balaban J connectivity index is 0.00000182. The normalized spacial score (nSPS) is 20.2. The number of hydrogen-bond acceptors (Lipinski definition) is 3. The van der Waals surface area contributed by atoms with Gasteiger partial charge in [0.2, 0.25) is 5.91 Å². The zero-order valence-electron chi connectivity index (χ0n) is 16.3. The van der Waals surface area contributed by atoms with Crippen LogP contribution in [-0.4, -0.2) is 37.0 Å². The summed E-state index contributed by atoms with van der Waals surface area (Å²) in [6.07, 6.45) is 8.31. The van der Waals surface area contributed by atoms with E-state index in [4.69, 9.17) is 0 Å². The number of rotatable bonds is 7. The van der Waals surface area contributed by atoms with E-state index in [1.165, 1.54) is 56.3 Å². The zero-order valence-corrected chi connectivity index (χ0v) is 17.9. The Morgan fingerprint density at radius 1 is 1.04 bits per heavy atom. The number of carbonyl (C=O) groups is 1. The van der Waals surface area contributed by atoms with Gasteiger partial charge in [-0.15, -0.1) is 24.8 Å². The quantitative estimate of drug-likeness (QED) is 0.709. The molecular weight excluding hydrogens is 381 g/mol. The van der Waals surface area contributed by atoms with Gasteiger partial charge in [0.05, 0.1) is 0 Å². The van der Waals surface area contributed by atoms with Crippen molar-refractivity contribution in [1.29, 1.82) is 0 Å². The molecule has 1 unspecified atom stereocenters. The van der Waals surface area contributed by atoms with Crippen molar-refractivity contribution in [3.05, 3.63) is 35.4 Å². The van der Waals surface area contributed by atoms with Gasteiger partial charge in [0.25, 0.3) is 0 Å². The molecule has 0 radical (unpaired) electrons. The maximum Gasteiger partial charge on any atom is 0.220 e. The molecule has 0 aromatic heterocycles. The molecule has 6 heteroatoms. The Bertz CT molecular complexity index is 525.